The Morgan fingerprint density at radius 1 is 1.47 bits per heavy atom. The van der Waals surface area contributed by atoms with Crippen LogP contribution in [-0.2, 0) is 6.54 Å². The van der Waals surface area contributed by atoms with E-state index in [0.29, 0.717) is 0 Å². The van der Waals surface area contributed by atoms with Gasteiger partial charge in [0.2, 0.25) is 0 Å². The highest BCUT2D eigenvalue weighted by Crippen LogP contribution is 2.25. The topological polar surface area (TPSA) is 29.9 Å². The van der Waals surface area contributed by atoms with Crippen molar-refractivity contribution >= 4 is 11.3 Å². The van der Waals surface area contributed by atoms with Gasteiger partial charge in [-0.05, 0) is 24.4 Å². The Morgan fingerprint density at radius 2 is 2.47 bits per heavy atom. The minimum absolute atomic E-state index is 0.967. The van der Waals surface area contributed by atoms with E-state index in [9.17, 15) is 0 Å². The molecule has 0 saturated heterocycles. The zero-order valence-corrected chi connectivity index (χ0v) is 10.4. The molecular formula is C13H15N3S. The van der Waals surface area contributed by atoms with Gasteiger partial charge in [-0.1, -0.05) is 17.7 Å². The average Bonchev–Trinajstić information content (AvgIpc) is 3.00. The second-order valence-corrected chi connectivity index (χ2v) is 5.15. The summed E-state index contributed by atoms with van der Waals surface area (Å²) in [6.45, 7) is 3.06. The molecule has 4 heteroatoms. The summed E-state index contributed by atoms with van der Waals surface area (Å²) < 4.78 is 2.24. The molecule has 2 aromatic rings. The molecule has 1 aliphatic rings. The number of nitrogens with zero attached hydrogens (tertiary/aromatic N) is 2. The maximum atomic E-state index is 4.27. The van der Waals surface area contributed by atoms with E-state index >= 15 is 0 Å². The van der Waals surface area contributed by atoms with Crippen molar-refractivity contribution in [3.05, 3.63) is 41.7 Å². The number of thiophene rings is 1. The Morgan fingerprint density at radius 3 is 3.24 bits per heavy atom. The first kappa shape index (κ1) is 10.7. The molecule has 0 saturated carbocycles. The highest BCUT2D eigenvalue weighted by molar-refractivity contribution is 7.13. The standard InChI is InChI=1S/C13H15N3S/c1-2-13(17-7-1)12-8-15-10-16(12)9-11-3-5-14-6-4-11/h1-3,7-8,10,14H,4-6,9H2. The SMILES string of the molecule is C1=C(Cn2cncc2-c2cccs2)CCNC1. The lowest BCUT2D eigenvalue weighted by Gasteiger charge is -2.15. The van der Waals surface area contributed by atoms with Crippen LogP contribution in [0.15, 0.2) is 41.7 Å². The zero-order valence-electron chi connectivity index (χ0n) is 9.60. The molecule has 0 spiro atoms. The molecule has 1 N–H and O–H groups in total. The maximum absolute atomic E-state index is 4.27. The van der Waals surface area contributed by atoms with Gasteiger partial charge in [0, 0.05) is 13.1 Å². The van der Waals surface area contributed by atoms with Crippen LogP contribution in [0.2, 0.25) is 0 Å². The van der Waals surface area contributed by atoms with Crippen molar-refractivity contribution in [1.29, 1.82) is 0 Å². The largest absolute Gasteiger partial charge is 0.326 e. The van der Waals surface area contributed by atoms with Crippen LogP contribution in [0.5, 0.6) is 0 Å². The predicted octanol–water partition coefficient (Wildman–Crippen LogP) is 2.53. The summed E-state index contributed by atoms with van der Waals surface area (Å²) in [6, 6.07) is 4.23. The number of hydrogen-bond acceptors (Lipinski definition) is 3. The summed E-state index contributed by atoms with van der Waals surface area (Å²) in [7, 11) is 0. The van der Waals surface area contributed by atoms with E-state index in [1.54, 1.807) is 11.3 Å². The summed E-state index contributed by atoms with van der Waals surface area (Å²) in [5.74, 6) is 0. The summed E-state index contributed by atoms with van der Waals surface area (Å²) in [6.07, 6.45) is 7.31. The summed E-state index contributed by atoms with van der Waals surface area (Å²) in [5, 5.41) is 5.44. The van der Waals surface area contributed by atoms with Crippen LogP contribution < -0.4 is 5.32 Å². The van der Waals surface area contributed by atoms with Crippen LogP contribution in [0.1, 0.15) is 6.42 Å². The van der Waals surface area contributed by atoms with Crippen molar-refractivity contribution in [3.63, 3.8) is 0 Å². The average molecular weight is 245 g/mol. The molecule has 3 heterocycles. The molecule has 0 amide bonds. The van der Waals surface area contributed by atoms with Crippen LogP contribution in [-0.4, -0.2) is 22.6 Å². The first-order valence-electron chi connectivity index (χ1n) is 5.86. The minimum Gasteiger partial charge on any atom is -0.326 e. The molecule has 2 aromatic heterocycles. The van der Waals surface area contributed by atoms with E-state index < -0.39 is 0 Å². The summed E-state index contributed by atoms with van der Waals surface area (Å²) in [4.78, 5) is 5.56. The lowest BCUT2D eigenvalue weighted by atomic mass is 10.1. The van der Waals surface area contributed by atoms with Crippen LogP contribution in [0.3, 0.4) is 0 Å². The fraction of sp³-hybridized carbons (Fsp3) is 0.308. The monoisotopic (exact) mass is 245 g/mol. The smallest absolute Gasteiger partial charge is 0.0954 e. The Labute approximate surface area is 105 Å². The maximum Gasteiger partial charge on any atom is 0.0954 e. The van der Waals surface area contributed by atoms with Crippen molar-refractivity contribution in [2.24, 2.45) is 0 Å². The van der Waals surface area contributed by atoms with E-state index in [2.05, 4.69) is 38.5 Å². The van der Waals surface area contributed by atoms with E-state index in [-0.39, 0.29) is 0 Å². The first-order chi connectivity index (χ1) is 8.43. The van der Waals surface area contributed by atoms with Gasteiger partial charge < -0.3 is 9.88 Å². The van der Waals surface area contributed by atoms with Gasteiger partial charge in [-0.25, -0.2) is 4.98 Å². The van der Waals surface area contributed by atoms with Crippen LogP contribution in [0, 0.1) is 0 Å². The Balaban J connectivity index is 1.84. The van der Waals surface area contributed by atoms with E-state index in [0.717, 1.165) is 26.1 Å². The van der Waals surface area contributed by atoms with Gasteiger partial charge in [0.15, 0.2) is 0 Å². The molecule has 3 rings (SSSR count). The van der Waals surface area contributed by atoms with Crippen LogP contribution in [0.25, 0.3) is 10.6 Å². The predicted molar refractivity (Wildman–Crippen MR) is 71.1 cm³/mol. The van der Waals surface area contributed by atoms with Gasteiger partial charge >= 0.3 is 0 Å². The van der Waals surface area contributed by atoms with Crippen molar-refractivity contribution in [3.8, 4) is 10.6 Å². The third-order valence-corrected chi connectivity index (χ3v) is 3.91. The lowest BCUT2D eigenvalue weighted by molar-refractivity contribution is 0.652. The molecular weight excluding hydrogens is 230 g/mol. The van der Waals surface area contributed by atoms with E-state index in [1.165, 1.54) is 16.1 Å². The third-order valence-electron chi connectivity index (χ3n) is 3.02. The van der Waals surface area contributed by atoms with Crippen LogP contribution >= 0.6 is 11.3 Å². The van der Waals surface area contributed by atoms with Crippen LogP contribution in [0.4, 0.5) is 0 Å². The molecule has 0 unspecified atom stereocenters. The van der Waals surface area contributed by atoms with Crippen molar-refractivity contribution in [2.75, 3.05) is 13.1 Å². The number of hydrogen-bond donors (Lipinski definition) is 1. The first-order valence-corrected chi connectivity index (χ1v) is 6.74. The number of aromatic nitrogens is 2. The quantitative estimate of drug-likeness (QED) is 0.842. The van der Waals surface area contributed by atoms with Gasteiger partial charge in [0.05, 0.1) is 23.1 Å². The number of rotatable bonds is 3. The van der Waals surface area contributed by atoms with Gasteiger partial charge in [-0.15, -0.1) is 11.3 Å². The molecule has 0 aliphatic carbocycles. The molecule has 0 aromatic carbocycles. The zero-order chi connectivity index (χ0) is 11.5. The minimum atomic E-state index is 0.967. The fourth-order valence-electron chi connectivity index (χ4n) is 2.11. The summed E-state index contributed by atoms with van der Waals surface area (Å²) >= 11 is 1.76. The molecule has 88 valence electrons. The fourth-order valence-corrected chi connectivity index (χ4v) is 2.86. The highest BCUT2D eigenvalue weighted by atomic mass is 32.1. The van der Waals surface area contributed by atoms with E-state index in [4.69, 9.17) is 0 Å². The Bertz CT molecular complexity index is 511. The summed E-state index contributed by atoms with van der Waals surface area (Å²) in [5.41, 5.74) is 2.72. The van der Waals surface area contributed by atoms with Gasteiger partial charge in [-0.2, -0.15) is 0 Å². The molecule has 0 bridgehead atoms. The second kappa shape index (κ2) is 4.85. The molecule has 17 heavy (non-hydrogen) atoms. The van der Waals surface area contributed by atoms with Gasteiger partial charge in [0.1, 0.15) is 0 Å². The molecule has 0 atom stereocenters. The molecule has 0 fully saturated rings. The van der Waals surface area contributed by atoms with Gasteiger partial charge in [-0.3, -0.25) is 0 Å². The Hall–Kier alpha value is -1.39. The van der Waals surface area contributed by atoms with Gasteiger partial charge in [0.25, 0.3) is 0 Å². The molecule has 1 aliphatic heterocycles. The number of imidazole rings is 1. The van der Waals surface area contributed by atoms with Crippen molar-refractivity contribution < 1.29 is 0 Å². The normalized spacial score (nSPS) is 15.9. The van der Waals surface area contributed by atoms with Crippen molar-refractivity contribution in [2.45, 2.75) is 13.0 Å². The third kappa shape index (κ3) is 2.33. The van der Waals surface area contributed by atoms with Crippen molar-refractivity contribution in [1.82, 2.24) is 14.9 Å². The second-order valence-electron chi connectivity index (χ2n) is 4.20. The lowest BCUT2D eigenvalue weighted by Crippen LogP contribution is -2.22. The molecule has 0 radical (unpaired) electrons. The highest BCUT2D eigenvalue weighted by Gasteiger charge is 2.09. The number of nitrogens with one attached hydrogen (secondary N) is 1. The Kier molecular flexibility index (Phi) is 3.07. The van der Waals surface area contributed by atoms with E-state index in [1.807, 2.05) is 12.5 Å². The molecule has 3 nitrogen and oxygen atoms in total.